The average molecular weight is 369 g/mol. The van der Waals surface area contributed by atoms with Crippen molar-refractivity contribution < 1.29 is 14.7 Å². The minimum atomic E-state index is -1.45. The highest BCUT2D eigenvalue weighted by molar-refractivity contribution is 9.10. The molecule has 0 atom stereocenters. The predicted molar refractivity (Wildman–Crippen MR) is 88.6 cm³/mol. The molecular formula is C16H21BrN2O3. The van der Waals surface area contributed by atoms with E-state index in [4.69, 9.17) is 5.11 Å². The lowest BCUT2D eigenvalue weighted by Crippen LogP contribution is -2.39. The number of aryl methyl sites for hydroxylation is 2. The van der Waals surface area contributed by atoms with Crippen LogP contribution >= 0.6 is 15.9 Å². The number of aliphatic carboxylic acids is 1. The van der Waals surface area contributed by atoms with Gasteiger partial charge in [-0.05, 0) is 48.0 Å². The second-order valence-electron chi connectivity index (χ2n) is 6.61. The Morgan fingerprint density at radius 3 is 2.23 bits per heavy atom. The van der Waals surface area contributed by atoms with E-state index in [1.54, 1.807) is 6.92 Å². The van der Waals surface area contributed by atoms with Gasteiger partial charge in [-0.2, -0.15) is 0 Å². The highest BCUT2D eigenvalue weighted by Crippen LogP contribution is 2.39. The fourth-order valence-corrected chi connectivity index (χ4v) is 3.36. The number of rotatable bonds is 3. The highest BCUT2D eigenvalue weighted by Gasteiger charge is 2.32. The quantitative estimate of drug-likeness (QED) is 0.654. The van der Waals surface area contributed by atoms with E-state index >= 15 is 0 Å². The summed E-state index contributed by atoms with van der Waals surface area (Å²) in [5.74, 6) is -2.34. The van der Waals surface area contributed by atoms with Gasteiger partial charge in [-0.25, -0.2) is 4.79 Å². The molecule has 0 aromatic carbocycles. The molecule has 1 saturated heterocycles. The normalized spacial score (nSPS) is 17.4. The van der Waals surface area contributed by atoms with Crippen molar-refractivity contribution in [2.75, 3.05) is 18.0 Å². The van der Waals surface area contributed by atoms with Crippen molar-refractivity contribution >= 4 is 33.4 Å². The zero-order valence-electron chi connectivity index (χ0n) is 13.4. The van der Waals surface area contributed by atoms with Crippen molar-refractivity contribution in [3.8, 4) is 0 Å². The largest absolute Gasteiger partial charge is 0.475 e. The Kier molecular flexibility index (Phi) is 4.61. The molecule has 22 heavy (non-hydrogen) atoms. The molecule has 1 aromatic heterocycles. The molecule has 1 aliphatic heterocycles. The molecule has 1 aromatic rings. The lowest BCUT2D eigenvalue weighted by atomic mass is 9.82. The van der Waals surface area contributed by atoms with Crippen LogP contribution in [0.4, 0.5) is 5.69 Å². The van der Waals surface area contributed by atoms with Crippen molar-refractivity contribution in [3.05, 3.63) is 21.4 Å². The smallest absolute Gasteiger partial charge is 0.377 e. The van der Waals surface area contributed by atoms with E-state index in [1.165, 1.54) is 0 Å². The Labute approximate surface area is 138 Å². The van der Waals surface area contributed by atoms with Crippen molar-refractivity contribution in [1.82, 2.24) is 4.98 Å². The number of nitrogens with zero attached hydrogens (tertiary/aromatic N) is 2. The van der Waals surface area contributed by atoms with Gasteiger partial charge in [0, 0.05) is 13.1 Å². The van der Waals surface area contributed by atoms with Gasteiger partial charge in [0.1, 0.15) is 0 Å². The van der Waals surface area contributed by atoms with Crippen LogP contribution < -0.4 is 4.90 Å². The zero-order chi connectivity index (χ0) is 16.7. The minimum absolute atomic E-state index is 0.199. The molecule has 0 radical (unpaired) electrons. The van der Waals surface area contributed by atoms with Crippen LogP contribution in [0, 0.1) is 19.3 Å². The van der Waals surface area contributed by atoms with Gasteiger partial charge in [0.2, 0.25) is 0 Å². The molecule has 5 nitrogen and oxygen atoms in total. The Hall–Kier alpha value is -1.43. The Bertz CT molecular complexity index is 631. The van der Waals surface area contributed by atoms with Crippen LogP contribution in [-0.4, -0.2) is 34.9 Å². The summed E-state index contributed by atoms with van der Waals surface area (Å²) in [4.78, 5) is 29.7. The van der Waals surface area contributed by atoms with E-state index in [-0.39, 0.29) is 11.0 Å². The van der Waals surface area contributed by atoms with Gasteiger partial charge in [-0.15, -0.1) is 0 Å². The van der Waals surface area contributed by atoms with Gasteiger partial charge >= 0.3 is 5.97 Å². The Morgan fingerprint density at radius 2 is 1.73 bits per heavy atom. The molecule has 0 bridgehead atoms. The second-order valence-corrected chi connectivity index (χ2v) is 7.40. The van der Waals surface area contributed by atoms with Gasteiger partial charge in [0.15, 0.2) is 0 Å². The third kappa shape index (κ3) is 3.16. The van der Waals surface area contributed by atoms with Gasteiger partial charge < -0.3 is 10.0 Å². The van der Waals surface area contributed by atoms with Crippen LogP contribution in [0.1, 0.15) is 48.4 Å². The van der Waals surface area contributed by atoms with E-state index in [2.05, 4.69) is 39.7 Å². The number of carboxylic acids is 1. The number of hydrogen-bond acceptors (Lipinski definition) is 4. The van der Waals surface area contributed by atoms with E-state index in [9.17, 15) is 9.59 Å². The van der Waals surface area contributed by atoms with Gasteiger partial charge in [-0.1, -0.05) is 13.8 Å². The number of anilines is 1. The molecule has 6 heteroatoms. The van der Waals surface area contributed by atoms with Crippen LogP contribution in [0.5, 0.6) is 0 Å². The molecule has 120 valence electrons. The monoisotopic (exact) mass is 368 g/mol. The van der Waals surface area contributed by atoms with E-state index in [1.807, 2.05) is 6.92 Å². The standard InChI is InChI=1S/C16H21BrN2O3/c1-9-11(14(20)15(21)22)13(12(17)10(2)18-9)19-7-5-16(3,4)6-8-19/h5-8H2,1-4H3,(H,21,22). The highest BCUT2D eigenvalue weighted by atomic mass is 79.9. The minimum Gasteiger partial charge on any atom is -0.475 e. The molecule has 0 aliphatic carbocycles. The lowest BCUT2D eigenvalue weighted by molar-refractivity contribution is -0.131. The third-order valence-electron chi connectivity index (χ3n) is 4.31. The molecule has 2 rings (SSSR count). The average Bonchev–Trinajstić information content (AvgIpc) is 2.42. The Morgan fingerprint density at radius 1 is 1.18 bits per heavy atom. The number of carbonyl (C=O) groups excluding carboxylic acids is 1. The van der Waals surface area contributed by atoms with Crippen molar-refractivity contribution in [3.63, 3.8) is 0 Å². The summed E-state index contributed by atoms with van der Waals surface area (Å²) < 4.78 is 0.711. The number of aromatic nitrogens is 1. The summed E-state index contributed by atoms with van der Waals surface area (Å²) in [6, 6.07) is 0. The molecule has 2 heterocycles. The fraction of sp³-hybridized carbons (Fsp3) is 0.562. The second kappa shape index (κ2) is 5.99. The van der Waals surface area contributed by atoms with Crippen LogP contribution in [0.3, 0.4) is 0 Å². The summed E-state index contributed by atoms with van der Waals surface area (Å²) in [5.41, 5.74) is 2.38. The van der Waals surface area contributed by atoms with Crippen LogP contribution in [0.25, 0.3) is 0 Å². The number of carboxylic acid groups (broad SMARTS) is 1. The lowest BCUT2D eigenvalue weighted by Gasteiger charge is -2.39. The molecule has 1 fully saturated rings. The number of piperidine rings is 1. The maximum Gasteiger partial charge on any atom is 0.377 e. The summed E-state index contributed by atoms with van der Waals surface area (Å²) in [6.07, 6.45) is 2.00. The zero-order valence-corrected chi connectivity index (χ0v) is 15.0. The molecule has 1 aliphatic rings. The van der Waals surface area contributed by atoms with E-state index < -0.39 is 11.8 Å². The molecule has 0 amide bonds. The first-order valence-electron chi connectivity index (χ1n) is 7.33. The maximum absolute atomic E-state index is 12.1. The van der Waals surface area contributed by atoms with Gasteiger partial charge in [0.25, 0.3) is 5.78 Å². The first-order valence-corrected chi connectivity index (χ1v) is 8.12. The molecule has 0 saturated carbocycles. The Balaban J connectivity index is 2.54. The van der Waals surface area contributed by atoms with Crippen molar-refractivity contribution in [2.45, 2.75) is 40.5 Å². The summed E-state index contributed by atoms with van der Waals surface area (Å²) in [5, 5.41) is 9.11. The first kappa shape index (κ1) is 16.9. The topological polar surface area (TPSA) is 70.5 Å². The summed E-state index contributed by atoms with van der Waals surface area (Å²) >= 11 is 3.50. The van der Waals surface area contributed by atoms with Crippen LogP contribution in [0.2, 0.25) is 0 Å². The van der Waals surface area contributed by atoms with Crippen LogP contribution in [-0.2, 0) is 4.79 Å². The summed E-state index contributed by atoms with van der Waals surface area (Å²) in [7, 11) is 0. The van der Waals surface area contributed by atoms with E-state index in [0.29, 0.717) is 15.9 Å². The number of carbonyl (C=O) groups is 2. The van der Waals surface area contributed by atoms with Gasteiger partial charge in [0.05, 0.1) is 27.1 Å². The predicted octanol–water partition coefficient (Wildman–Crippen LogP) is 3.35. The number of halogens is 1. The van der Waals surface area contributed by atoms with E-state index in [0.717, 1.165) is 31.6 Å². The maximum atomic E-state index is 12.1. The first-order chi connectivity index (χ1) is 10.1. The number of pyridine rings is 1. The fourth-order valence-electron chi connectivity index (χ4n) is 2.82. The molecular weight excluding hydrogens is 348 g/mol. The van der Waals surface area contributed by atoms with Crippen molar-refractivity contribution in [2.24, 2.45) is 5.41 Å². The third-order valence-corrected chi connectivity index (χ3v) is 5.26. The number of ketones is 1. The van der Waals surface area contributed by atoms with Crippen LogP contribution in [0.15, 0.2) is 4.47 Å². The number of hydrogen-bond donors (Lipinski definition) is 1. The molecule has 1 N–H and O–H groups in total. The molecule has 0 unspecified atom stereocenters. The van der Waals surface area contributed by atoms with Crippen molar-refractivity contribution in [1.29, 1.82) is 0 Å². The molecule has 0 spiro atoms. The van der Waals surface area contributed by atoms with Gasteiger partial charge in [-0.3, -0.25) is 9.78 Å². The summed E-state index contributed by atoms with van der Waals surface area (Å²) in [6.45, 7) is 9.59. The SMILES string of the molecule is Cc1nc(C)c(C(=O)C(=O)O)c(N2CCC(C)(C)CC2)c1Br. The number of Topliss-reactive ketones (excluding diaryl/α,β-unsaturated/α-hetero) is 1.